The summed E-state index contributed by atoms with van der Waals surface area (Å²) in [7, 11) is 1.67. The Labute approximate surface area is 131 Å². The number of thioether (sulfide) groups is 1. The van der Waals surface area contributed by atoms with E-state index in [1.54, 1.807) is 18.9 Å². The van der Waals surface area contributed by atoms with Crippen LogP contribution >= 0.6 is 23.1 Å². The number of anilines is 1. The van der Waals surface area contributed by atoms with Crippen LogP contribution in [-0.4, -0.2) is 40.6 Å². The number of unbranched alkanes of at least 4 members (excludes halogenated alkanes) is 1. The molecule has 0 atom stereocenters. The van der Waals surface area contributed by atoms with E-state index in [0.717, 1.165) is 35.3 Å². The molecule has 7 nitrogen and oxygen atoms in total. The number of nitrogens with one attached hydrogen (secondary N) is 1. The number of hydrogen-bond donors (Lipinski definition) is 1. The van der Waals surface area contributed by atoms with Crippen molar-refractivity contribution in [1.29, 1.82) is 0 Å². The summed E-state index contributed by atoms with van der Waals surface area (Å²) in [6, 6.07) is 0. The molecule has 0 aliphatic heterocycles. The molecule has 0 radical (unpaired) electrons. The third-order valence-corrected chi connectivity index (χ3v) is 4.58. The molecule has 2 aromatic rings. The maximum atomic E-state index is 5.19. The summed E-state index contributed by atoms with van der Waals surface area (Å²) in [6.07, 6.45) is 3.04. The lowest BCUT2D eigenvalue weighted by Gasteiger charge is -1.98. The van der Waals surface area contributed by atoms with Crippen molar-refractivity contribution in [2.75, 3.05) is 25.6 Å². The van der Waals surface area contributed by atoms with E-state index in [-0.39, 0.29) is 0 Å². The molecule has 0 saturated carbocycles. The van der Waals surface area contributed by atoms with Gasteiger partial charge in [-0.2, -0.15) is 4.98 Å². The van der Waals surface area contributed by atoms with Crippen LogP contribution in [0.2, 0.25) is 0 Å². The predicted molar refractivity (Wildman–Crippen MR) is 82.7 cm³/mol. The number of ether oxygens (including phenoxy) is 1. The highest BCUT2D eigenvalue weighted by Crippen LogP contribution is 2.27. The van der Waals surface area contributed by atoms with E-state index in [9.17, 15) is 0 Å². The Hall–Kier alpha value is -1.19. The van der Waals surface area contributed by atoms with E-state index in [2.05, 4.69) is 32.6 Å². The molecule has 0 fully saturated rings. The highest BCUT2D eigenvalue weighted by Gasteiger charge is 2.09. The van der Waals surface area contributed by atoms with Crippen molar-refractivity contribution in [3.8, 4) is 0 Å². The zero-order chi connectivity index (χ0) is 14.9. The fourth-order valence-corrected chi connectivity index (χ4v) is 3.12. The van der Waals surface area contributed by atoms with Gasteiger partial charge in [0, 0.05) is 20.1 Å². The maximum Gasteiger partial charge on any atom is 0.226 e. The van der Waals surface area contributed by atoms with Crippen molar-refractivity contribution in [3.05, 3.63) is 11.7 Å². The summed E-state index contributed by atoms with van der Waals surface area (Å²) in [4.78, 5) is 4.36. The third kappa shape index (κ3) is 5.60. The Balaban J connectivity index is 1.76. The first-order chi connectivity index (χ1) is 10.3. The second-order valence-corrected chi connectivity index (χ2v) is 6.49. The highest BCUT2D eigenvalue weighted by atomic mass is 32.2. The molecule has 116 valence electrons. The van der Waals surface area contributed by atoms with Gasteiger partial charge in [-0.05, 0) is 6.42 Å². The Bertz CT molecular complexity index is 531. The Morgan fingerprint density at radius 1 is 1.38 bits per heavy atom. The zero-order valence-corrected chi connectivity index (χ0v) is 13.8. The minimum atomic E-state index is 0.641. The van der Waals surface area contributed by atoms with Gasteiger partial charge in [0.2, 0.25) is 11.0 Å². The van der Waals surface area contributed by atoms with E-state index in [1.807, 2.05) is 0 Å². The molecule has 2 aromatic heterocycles. The van der Waals surface area contributed by atoms with Crippen LogP contribution in [0.5, 0.6) is 0 Å². The second kappa shape index (κ2) is 8.96. The average Bonchev–Trinajstić information content (AvgIpc) is 3.12. The lowest BCUT2D eigenvalue weighted by atomic mass is 10.2. The van der Waals surface area contributed by atoms with E-state index < -0.39 is 0 Å². The van der Waals surface area contributed by atoms with Gasteiger partial charge in [-0.1, -0.05) is 41.6 Å². The van der Waals surface area contributed by atoms with Crippen molar-refractivity contribution in [1.82, 2.24) is 20.3 Å². The average molecular weight is 329 g/mol. The molecule has 1 N–H and O–H groups in total. The summed E-state index contributed by atoms with van der Waals surface area (Å²) in [5, 5.41) is 16.1. The SMILES string of the molecule is CCCCc1nc(CSc2nnc(NCCOC)s2)no1. The summed E-state index contributed by atoms with van der Waals surface area (Å²) in [5.74, 6) is 2.06. The van der Waals surface area contributed by atoms with Gasteiger partial charge in [0.1, 0.15) is 0 Å². The van der Waals surface area contributed by atoms with Gasteiger partial charge in [0.05, 0.1) is 12.4 Å². The lowest BCUT2D eigenvalue weighted by molar-refractivity contribution is 0.211. The molecule has 0 aliphatic rings. The van der Waals surface area contributed by atoms with Crippen LogP contribution in [0.3, 0.4) is 0 Å². The summed E-state index contributed by atoms with van der Waals surface area (Å²) in [5.41, 5.74) is 0. The highest BCUT2D eigenvalue weighted by molar-refractivity contribution is 8.00. The molecule has 2 heterocycles. The van der Waals surface area contributed by atoms with Gasteiger partial charge in [-0.3, -0.25) is 0 Å². The largest absolute Gasteiger partial charge is 0.383 e. The number of nitrogens with zero attached hydrogens (tertiary/aromatic N) is 4. The minimum absolute atomic E-state index is 0.641. The molecular weight excluding hydrogens is 310 g/mol. The lowest BCUT2D eigenvalue weighted by Crippen LogP contribution is -2.06. The van der Waals surface area contributed by atoms with Gasteiger partial charge in [0.25, 0.3) is 0 Å². The quantitative estimate of drug-likeness (QED) is 0.526. The van der Waals surface area contributed by atoms with Crippen LogP contribution in [0.4, 0.5) is 5.13 Å². The molecule has 0 aromatic carbocycles. The Morgan fingerprint density at radius 2 is 2.29 bits per heavy atom. The summed E-state index contributed by atoms with van der Waals surface area (Å²) >= 11 is 3.07. The van der Waals surface area contributed by atoms with Crippen LogP contribution in [-0.2, 0) is 16.9 Å². The fourth-order valence-electron chi connectivity index (χ4n) is 1.50. The Morgan fingerprint density at radius 3 is 3.10 bits per heavy atom. The van der Waals surface area contributed by atoms with Crippen LogP contribution < -0.4 is 5.32 Å². The third-order valence-electron chi connectivity index (χ3n) is 2.57. The zero-order valence-electron chi connectivity index (χ0n) is 12.2. The monoisotopic (exact) mass is 329 g/mol. The molecule has 21 heavy (non-hydrogen) atoms. The number of aromatic nitrogens is 4. The molecule has 0 spiro atoms. The van der Waals surface area contributed by atoms with E-state index in [4.69, 9.17) is 9.26 Å². The van der Waals surface area contributed by atoms with E-state index in [1.165, 1.54) is 11.3 Å². The standard InChI is InChI=1S/C12H19N5O2S2/c1-3-4-5-10-14-9(17-19-10)8-20-12-16-15-11(21-12)13-6-7-18-2/h3-8H2,1-2H3,(H,13,15). The van der Waals surface area contributed by atoms with Crippen molar-refractivity contribution in [2.45, 2.75) is 36.3 Å². The maximum absolute atomic E-state index is 5.19. The molecule has 0 amide bonds. The molecule has 0 bridgehead atoms. The van der Waals surface area contributed by atoms with Crippen molar-refractivity contribution >= 4 is 28.2 Å². The normalized spacial score (nSPS) is 11.0. The number of methoxy groups -OCH3 is 1. The molecule has 0 aliphatic carbocycles. The van der Waals surface area contributed by atoms with Gasteiger partial charge < -0.3 is 14.6 Å². The van der Waals surface area contributed by atoms with Crippen molar-refractivity contribution < 1.29 is 9.26 Å². The van der Waals surface area contributed by atoms with Crippen LogP contribution in [0.15, 0.2) is 8.86 Å². The number of rotatable bonds is 10. The molecule has 9 heteroatoms. The Kier molecular flexibility index (Phi) is 6.90. The number of aryl methyl sites for hydroxylation is 1. The molecule has 0 unspecified atom stereocenters. The first-order valence-corrected chi connectivity index (χ1v) is 8.62. The van der Waals surface area contributed by atoms with Gasteiger partial charge in [-0.25, -0.2) is 0 Å². The predicted octanol–water partition coefficient (Wildman–Crippen LogP) is 2.61. The fraction of sp³-hybridized carbons (Fsp3) is 0.667. The molecule has 2 rings (SSSR count). The summed E-state index contributed by atoms with van der Waals surface area (Å²) in [6.45, 7) is 3.51. The van der Waals surface area contributed by atoms with Crippen LogP contribution in [0.1, 0.15) is 31.5 Å². The van der Waals surface area contributed by atoms with E-state index in [0.29, 0.717) is 24.1 Å². The van der Waals surface area contributed by atoms with Gasteiger partial charge in [0.15, 0.2) is 10.2 Å². The summed E-state index contributed by atoms with van der Waals surface area (Å²) < 4.78 is 11.0. The van der Waals surface area contributed by atoms with Crippen LogP contribution in [0, 0.1) is 0 Å². The van der Waals surface area contributed by atoms with Crippen LogP contribution in [0.25, 0.3) is 0 Å². The first-order valence-electron chi connectivity index (χ1n) is 6.82. The molecular formula is C12H19N5O2S2. The minimum Gasteiger partial charge on any atom is -0.383 e. The smallest absolute Gasteiger partial charge is 0.226 e. The molecule has 0 saturated heterocycles. The van der Waals surface area contributed by atoms with Gasteiger partial charge in [-0.15, -0.1) is 10.2 Å². The topological polar surface area (TPSA) is 86.0 Å². The second-order valence-electron chi connectivity index (χ2n) is 4.29. The first kappa shape index (κ1) is 16.2. The number of hydrogen-bond acceptors (Lipinski definition) is 9. The van der Waals surface area contributed by atoms with Gasteiger partial charge >= 0.3 is 0 Å². The van der Waals surface area contributed by atoms with E-state index >= 15 is 0 Å². The van der Waals surface area contributed by atoms with Crippen molar-refractivity contribution in [2.24, 2.45) is 0 Å². The van der Waals surface area contributed by atoms with Crippen molar-refractivity contribution in [3.63, 3.8) is 0 Å².